The Morgan fingerprint density at radius 1 is 1.47 bits per heavy atom. The molecule has 0 fully saturated rings. The second-order valence-electron chi connectivity index (χ2n) is 4.19. The van der Waals surface area contributed by atoms with E-state index < -0.39 is 11.6 Å². The number of thiophene rings is 1. The first-order chi connectivity index (χ1) is 8.04. The van der Waals surface area contributed by atoms with Crippen molar-refractivity contribution in [2.75, 3.05) is 0 Å². The van der Waals surface area contributed by atoms with Gasteiger partial charge >= 0.3 is 5.97 Å². The summed E-state index contributed by atoms with van der Waals surface area (Å²) in [4.78, 5) is 11.5. The molecule has 0 radical (unpaired) electrons. The van der Waals surface area contributed by atoms with E-state index in [-0.39, 0.29) is 5.57 Å². The van der Waals surface area contributed by atoms with Crippen molar-refractivity contribution in [3.05, 3.63) is 39.6 Å². The maximum Gasteiger partial charge on any atom is 0.350 e. The number of nitriles is 1. The summed E-state index contributed by atoms with van der Waals surface area (Å²) in [6.07, 6.45) is 3.67. The molecule has 2 rings (SSSR count). The topological polar surface area (TPSA) is 50.1 Å². The van der Waals surface area contributed by atoms with Gasteiger partial charge in [-0.15, -0.1) is 0 Å². The monoisotopic (exact) mass is 245 g/mol. The Labute approximate surface area is 104 Å². The average molecular weight is 245 g/mol. The highest BCUT2D eigenvalue weighted by atomic mass is 32.1. The lowest BCUT2D eigenvalue weighted by molar-refractivity contribution is -0.144. The third-order valence-electron chi connectivity index (χ3n) is 2.57. The van der Waals surface area contributed by atoms with Gasteiger partial charge in [-0.1, -0.05) is 12.2 Å². The number of carbonyl (C=O) groups is 1. The molecule has 0 aliphatic carbocycles. The minimum atomic E-state index is -0.728. The van der Waals surface area contributed by atoms with Crippen molar-refractivity contribution in [3.8, 4) is 6.07 Å². The molecule has 0 saturated heterocycles. The Hall–Kier alpha value is -1.86. The zero-order valence-electron chi connectivity index (χ0n) is 9.56. The number of ether oxygens (including phenoxy) is 1. The second-order valence-corrected chi connectivity index (χ2v) is 4.97. The van der Waals surface area contributed by atoms with Crippen molar-refractivity contribution >= 4 is 23.4 Å². The van der Waals surface area contributed by atoms with Crippen LogP contribution in [0.15, 0.2) is 34.0 Å². The van der Waals surface area contributed by atoms with Gasteiger partial charge in [-0.2, -0.15) is 16.6 Å². The molecule has 17 heavy (non-hydrogen) atoms. The van der Waals surface area contributed by atoms with E-state index in [1.54, 1.807) is 31.3 Å². The van der Waals surface area contributed by atoms with Crippen LogP contribution in [0.5, 0.6) is 0 Å². The molecule has 0 amide bonds. The highest BCUT2D eigenvalue weighted by Gasteiger charge is 2.39. The normalized spacial score (nSPS) is 18.5. The van der Waals surface area contributed by atoms with Gasteiger partial charge in [0.15, 0.2) is 0 Å². The first kappa shape index (κ1) is 11.6. The van der Waals surface area contributed by atoms with E-state index in [1.165, 1.54) is 0 Å². The number of nitrogens with zero attached hydrogens (tertiary/aromatic N) is 1. The summed E-state index contributed by atoms with van der Waals surface area (Å²) in [5, 5.41) is 12.9. The number of carbonyl (C=O) groups excluding carboxylic acids is 1. The molecule has 1 aliphatic heterocycles. The Morgan fingerprint density at radius 3 is 2.82 bits per heavy atom. The fraction of sp³-hybridized carbons (Fsp3) is 0.231. The van der Waals surface area contributed by atoms with Crippen LogP contribution in [-0.2, 0) is 9.53 Å². The molecule has 3 nitrogen and oxygen atoms in total. The second kappa shape index (κ2) is 4.19. The standard InChI is InChI=1S/C13H11NO2S/c1-13(2)11(10(7-14)12(15)16-13)4-3-9-5-6-17-8-9/h3-6,8H,1-2H3/b4-3+. The first-order valence-corrected chi connectivity index (χ1v) is 6.07. The largest absolute Gasteiger partial charge is 0.451 e. The van der Waals surface area contributed by atoms with E-state index in [2.05, 4.69) is 0 Å². The van der Waals surface area contributed by atoms with Crippen LogP contribution in [0, 0.1) is 11.3 Å². The van der Waals surface area contributed by atoms with E-state index in [4.69, 9.17) is 10.00 Å². The minimum absolute atomic E-state index is 0.0986. The maximum absolute atomic E-state index is 11.5. The van der Waals surface area contributed by atoms with Gasteiger partial charge in [0.25, 0.3) is 0 Å². The first-order valence-electron chi connectivity index (χ1n) is 5.13. The highest BCUT2D eigenvalue weighted by molar-refractivity contribution is 7.08. The van der Waals surface area contributed by atoms with Gasteiger partial charge in [-0.25, -0.2) is 4.79 Å². The van der Waals surface area contributed by atoms with Crippen molar-refractivity contribution in [2.45, 2.75) is 19.4 Å². The van der Waals surface area contributed by atoms with Crippen molar-refractivity contribution in [2.24, 2.45) is 0 Å². The van der Waals surface area contributed by atoms with Crippen LogP contribution in [0.2, 0.25) is 0 Å². The van der Waals surface area contributed by atoms with Gasteiger partial charge in [0.1, 0.15) is 17.2 Å². The molecular formula is C13H11NO2S. The molecule has 0 saturated carbocycles. The predicted molar refractivity (Wildman–Crippen MR) is 66.2 cm³/mol. The van der Waals surface area contributed by atoms with E-state index in [0.717, 1.165) is 5.56 Å². The summed E-state index contributed by atoms with van der Waals surface area (Å²) in [6.45, 7) is 3.56. The summed E-state index contributed by atoms with van der Waals surface area (Å²) < 4.78 is 5.15. The lowest BCUT2D eigenvalue weighted by Crippen LogP contribution is -2.22. The molecular weight excluding hydrogens is 234 g/mol. The van der Waals surface area contributed by atoms with Gasteiger partial charge in [0, 0.05) is 5.57 Å². The van der Waals surface area contributed by atoms with Crippen LogP contribution in [0.25, 0.3) is 6.08 Å². The molecule has 0 N–H and O–H groups in total. The van der Waals surface area contributed by atoms with E-state index in [9.17, 15) is 4.79 Å². The Bertz CT molecular complexity index is 544. The fourth-order valence-corrected chi connectivity index (χ4v) is 2.32. The van der Waals surface area contributed by atoms with Crippen LogP contribution in [0.1, 0.15) is 19.4 Å². The van der Waals surface area contributed by atoms with E-state index in [0.29, 0.717) is 5.57 Å². The van der Waals surface area contributed by atoms with Crippen molar-refractivity contribution in [3.63, 3.8) is 0 Å². The molecule has 0 spiro atoms. The average Bonchev–Trinajstić information content (AvgIpc) is 2.81. The minimum Gasteiger partial charge on any atom is -0.451 e. The van der Waals surface area contributed by atoms with Gasteiger partial charge < -0.3 is 4.74 Å². The molecule has 0 bridgehead atoms. The van der Waals surface area contributed by atoms with Crippen molar-refractivity contribution in [1.29, 1.82) is 5.26 Å². The number of esters is 1. The van der Waals surface area contributed by atoms with Crippen LogP contribution < -0.4 is 0 Å². The van der Waals surface area contributed by atoms with Gasteiger partial charge in [-0.3, -0.25) is 0 Å². The Kier molecular flexibility index (Phi) is 2.86. The van der Waals surface area contributed by atoms with Crippen LogP contribution in [-0.4, -0.2) is 11.6 Å². The SMILES string of the molecule is CC1(C)OC(=O)C(C#N)=C1/C=C/c1ccsc1. The molecule has 0 unspecified atom stereocenters. The molecule has 1 aromatic heterocycles. The molecule has 1 aromatic rings. The quantitative estimate of drug-likeness (QED) is 0.753. The van der Waals surface area contributed by atoms with Gasteiger partial charge in [0.2, 0.25) is 0 Å². The van der Waals surface area contributed by atoms with Crippen LogP contribution >= 0.6 is 11.3 Å². The summed E-state index contributed by atoms with van der Waals surface area (Å²) in [7, 11) is 0. The molecule has 4 heteroatoms. The summed E-state index contributed by atoms with van der Waals surface area (Å²) in [6, 6.07) is 3.88. The third-order valence-corrected chi connectivity index (χ3v) is 3.27. The molecule has 86 valence electrons. The predicted octanol–water partition coefficient (Wildman–Crippen LogP) is 2.92. The number of hydrogen-bond donors (Lipinski definition) is 0. The number of cyclic esters (lactones) is 1. The highest BCUT2D eigenvalue weighted by Crippen LogP contribution is 2.33. The van der Waals surface area contributed by atoms with Crippen LogP contribution in [0.3, 0.4) is 0 Å². The lowest BCUT2D eigenvalue weighted by atomic mass is 9.95. The van der Waals surface area contributed by atoms with Gasteiger partial charge in [-0.05, 0) is 36.2 Å². The van der Waals surface area contributed by atoms with E-state index in [1.807, 2.05) is 29.0 Å². The number of hydrogen-bond acceptors (Lipinski definition) is 4. The van der Waals surface area contributed by atoms with Crippen molar-refractivity contribution < 1.29 is 9.53 Å². The molecule has 2 heterocycles. The van der Waals surface area contributed by atoms with E-state index >= 15 is 0 Å². The summed E-state index contributed by atoms with van der Waals surface area (Å²) in [5.41, 5.74) is 1.06. The van der Waals surface area contributed by atoms with Crippen LogP contribution in [0.4, 0.5) is 0 Å². The molecule has 0 atom stereocenters. The Morgan fingerprint density at radius 2 is 2.24 bits per heavy atom. The maximum atomic E-state index is 11.5. The summed E-state index contributed by atoms with van der Waals surface area (Å²) in [5.74, 6) is -0.539. The Balaban J connectivity index is 2.38. The number of rotatable bonds is 2. The third kappa shape index (κ3) is 2.15. The zero-order chi connectivity index (χ0) is 12.5. The summed E-state index contributed by atoms with van der Waals surface area (Å²) >= 11 is 1.60. The van der Waals surface area contributed by atoms with Crippen molar-refractivity contribution in [1.82, 2.24) is 0 Å². The van der Waals surface area contributed by atoms with Gasteiger partial charge in [0.05, 0.1) is 0 Å². The lowest BCUT2D eigenvalue weighted by Gasteiger charge is -2.18. The zero-order valence-corrected chi connectivity index (χ0v) is 10.4. The smallest absolute Gasteiger partial charge is 0.350 e. The fourth-order valence-electron chi connectivity index (χ4n) is 1.69. The molecule has 1 aliphatic rings. The molecule has 0 aromatic carbocycles.